The molecule has 0 bridgehead atoms. The maximum atomic E-state index is 13.1. The largest absolute Gasteiger partial charge is 0.493 e. The Morgan fingerprint density at radius 2 is 1.65 bits per heavy atom. The SMILES string of the molecule is COc1ccc(C(=O)N2CCC(NC(=O)c3ccccc3C(F)(F)F)CC2)cc1OC. The molecule has 0 aliphatic carbocycles. The van der Waals surface area contributed by atoms with E-state index in [1.165, 1.54) is 26.4 Å². The Kier molecular flexibility index (Phi) is 6.72. The molecule has 6 nitrogen and oxygen atoms in total. The molecule has 3 rings (SSSR count). The molecule has 1 saturated heterocycles. The Labute approximate surface area is 177 Å². The number of rotatable bonds is 5. The molecule has 0 saturated carbocycles. The van der Waals surface area contributed by atoms with Gasteiger partial charge in [-0.15, -0.1) is 0 Å². The maximum absolute atomic E-state index is 13.1. The third-order valence-electron chi connectivity index (χ3n) is 5.22. The van der Waals surface area contributed by atoms with Gasteiger partial charge in [0.2, 0.25) is 0 Å². The molecule has 0 aromatic heterocycles. The van der Waals surface area contributed by atoms with Gasteiger partial charge in [0.15, 0.2) is 11.5 Å². The summed E-state index contributed by atoms with van der Waals surface area (Å²) in [7, 11) is 2.99. The van der Waals surface area contributed by atoms with Gasteiger partial charge in [-0.25, -0.2) is 0 Å². The van der Waals surface area contributed by atoms with E-state index in [0.29, 0.717) is 43.0 Å². The fraction of sp³-hybridized carbons (Fsp3) is 0.364. The average molecular weight is 436 g/mol. The number of alkyl halides is 3. The number of methoxy groups -OCH3 is 2. The highest BCUT2D eigenvalue weighted by atomic mass is 19.4. The predicted molar refractivity (Wildman–Crippen MR) is 107 cm³/mol. The number of ether oxygens (including phenoxy) is 2. The molecule has 1 aliphatic heterocycles. The van der Waals surface area contributed by atoms with E-state index in [0.717, 1.165) is 12.1 Å². The number of amides is 2. The monoisotopic (exact) mass is 436 g/mol. The van der Waals surface area contributed by atoms with E-state index >= 15 is 0 Å². The Balaban J connectivity index is 1.61. The van der Waals surface area contributed by atoms with Crippen LogP contribution in [-0.4, -0.2) is 50.1 Å². The van der Waals surface area contributed by atoms with Crippen LogP contribution in [0.5, 0.6) is 11.5 Å². The Morgan fingerprint density at radius 1 is 1.00 bits per heavy atom. The minimum absolute atomic E-state index is 0.187. The van der Waals surface area contributed by atoms with Crippen molar-refractivity contribution in [2.24, 2.45) is 0 Å². The van der Waals surface area contributed by atoms with E-state index in [2.05, 4.69) is 5.32 Å². The molecule has 1 fully saturated rings. The van der Waals surface area contributed by atoms with E-state index in [-0.39, 0.29) is 11.9 Å². The van der Waals surface area contributed by atoms with Crippen LogP contribution in [0, 0.1) is 0 Å². The first-order valence-corrected chi connectivity index (χ1v) is 9.73. The van der Waals surface area contributed by atoms with Gasteiger partial charge >= 0.3 is 6.18 Å². The van der Waals surface area contributed by atoms with Crippen molar-refractivity contribution in [1.82, 2.24) is 10.2 Å². The van der Waals surface area contributed by atoms with Crippen molar-refractivity contribution in [1.29, 1.82) is 0 Å². The molecule has 2 amide bonds. The molecule has 9 heteroatoms. The fourth-order valence-electron chi connectivity index (χ4n) is 3.57. The highest BCUT2D eigenvalue weighted by molar-refractivity contribution is 5.96. The average Bonchev–Trinajstić information content (AvgIpc) is 2.78. The number of benzene rings is 2. The number of carbonyl (C=O) groups is 2. The molecule has 0 unspecified atom stereocenters. The van der Waals surface area contributed by atoms with Crippen LogP contribution in [0.15, 0.2) is 42.5 Å². The second kappa shape index (κ2) is 9.28. The van der Waals surface area contributed by atoms with Crippen molar-refractivity contribution >= 4 is 11.8 Å². The number of hydrogen-bond acceptors (Lipinski definition) is 4. The van der Waals surface area contributed by atoms with Crippen LogP contribution in [0.3, 0.4) is 0 Å². The first kappa shape index (κ1) is 22.5. The van der Waals surface area contributed by atoms with Gasteiger partial charge in [-0.2, -0.15) is 13.2 Å². The highest BCUT2D eigenvalue weighted by Gasteiger charge is 2.35. The number of likely N-dealkylation sites (tertiary alicyclic amines) is 1. The number of halogens is 3. The second-order valence-electron chi connectivity index (χ2n) is 7.15. The van der Waals surface area contributed by atoms with Crippen LogP contribution in [0.25, 0.3) is 0 Å². The highest BCUT2D eigenvalue weighted by Crippen LogP contribution is 2.32. The summed E-state index contributed by atoms with van der Waals surface area (Å²) >= 11 is 0. The van der Waals surface area contributed by atoms with Crippen LogP contribution >= 0.6 is 0 Å². The molecule has 1 heterocycles. The summed E-state index contributed by atoms with van der Waals surface area (Å²) < 4.78 is 49.8. The van der Waals surface area contributed by atoms with E-state index in [9.17, 15) is 22.8 Å². The van der Waals surface area contributed by atoms with Crippen LogP contribution in [0.2, 0.25) is 0 Å². The topological polar surface area (TPSA) is 67.9 Å². The summed E-state index contributed by atoms with van der Waals surface area (Å²) in [6.07, 6.45) is -3.72. The van der Waals surface area contributed by atoms with Gasteiger partial charge in [-0.3, -0.25) is 9.59 Å². The van der Waals surface area contributed by atoms with Crippen LogP contribution in [0.4, 0.5) is 13.2 Å². The molecule has 1 N–H and O–H groups in total. The minimum atomic E-state index is -4.61. The van der Waals surface area contributed by atoms with E-state index in [1.54, 1.807) is 23.1 Å². The summed E-state index contributed by atoms with van der Waals surface area (Å²) in [6, 6.07) is 9.27. The molecular formula is C22H23F3N2O4. The number of hydrogen-bond donors (Lipinski definition) is 1. The smallest absolute Gasteiger partial charge is 0.417 e. The zero-order valence-corrected chi connectivity index (χ0v) is 17.2. The van der Waals surface area contributed by atoms with Crippen molar-refractivity contribution in [2.75, 3.05) is 27.3 Å². The zero-order valence-electron chi connectivity index (χ0n) is 17.2. The van der Waals surface area contributed by atoms with E-state index < -0.39 is 23.2 Å². The minimum Gasteiger partial charge on any atom is -0.493 e. The van der Waals surface area contributed by atoms with Crippen molar-refractivity contribution < 1.29 is 32.2 Å². The molecule has 0 radical (unpaired) electrons. The van der Waals surface area contributed by atoms with Crippen LogP contribution in [-0.2, 0) is 6.18 Å². The predicted octanol–water partition coefficient (Wildman–Crippen LogP) is 3.76. The molecule has 31 heavy (non-hydrogen) atoms. The van der Waals surface area contributed by atoms with Crippen LogP contribution in [0.1, 0.15) is 39.1 Å². The van der Waals surface area contributed by atoms with E-state index in [1.807, 2.05) is 0 Å². The van der Waals surface area contributed by atoms with Crippen molar-refractivity contribution in [2.45, 2.75) is 25.1 Å². The Morgan fingerprint density at radius 3 is 2.26 bits per heavy atom. The normalized spacial score (nSPS) is 14.8. The summed E-state index contributed by atoms with van der Waals surface area (Å²) in [6.45, 7) is 0.748. The maximum Gasteiger partial charge on any atom is 0.417 e. The molecule has 2 aromatic carbocycles. The number of piperidine rings is 1. The van der Waals surface area contributed by atoms with Gasteiger partial charge in [0.05, 0.1) is 25.3 Å². The lowest BCUT2D eigenvalue weighted by Gasteiger charge is -2.32. The van der Waals surface area contributed by atoms with Gasteiger partial charge in [0, 0.05) is 24.7 Å². The number of carbonyl (C=O) groups excluding carboxylic acids is 2. The van der Waals surface area contributed by atoms with Gasteiger partial charge in [-0.05, 0) is 43.2 Å². The first-order chi connectivity index (χ1) is 14.7. The quantitative estimate of drug-likeness (QED) is 0.775. The Bertz CT molecular complexity index is 954. The number of nitrogens with one attached hydrogen (secondary N) is 1. The van der Waals surface area contributed by atoms with Crippen molar-refractivity contribution in [3.63, 3.8) is 0 Å². The lowest BCUT2D eigenvalue weighted by Crippen LogP contribution is -2.46. The second-order valence-corrected chi connectivity index (χ2v) is 7.15. The van der Waals surface area contributed by atoms with Gasteiger partial charge < -0.3 is 19.7 Å². The summed E-state index contributed by atoms with van der Waals surface area (Å²) in [5.41, 5.74) is -0.924. The Hall–Kier alpha value is -3.23. The lowest BCUT2D eigenvalue weighted by molar-refractivity contribution is -0.137. The molecule has 2 aromatic rings. The van der Waals surface area contributed by atoms with Crippen molar-refractivity contribution in [3.8, 4) is 11.5 Å². The molecule has 0 spiro atoms. The molecule has 166 valence electrons. The third-order valence-corrected chi connectivity index (χ3v) is 5.22. The van der Waals surface area contributed by atoms with Crippen molar-refractivity contribution in [3.05, 3.63) is 59.2 Å². The van der Waals surface area contributed by atoms with Crippen LogP contribution < -0.4 is 14.8 Å². The standard InChI is InChI=1S/C22H23F3N2O4/c1-30-18-8-7-14(13-19(18)31-2)21(29)27-11-9-15(10-12-27)26-20(28)16-5-3-4-6-17(16)22(23,24)25/h3-8,13,15H,9-12H2,1-2H3,(H,26,28). The van der Waals surface area contributed by atoms with Gasteiger partial charge in [0.25, 0.3) is 11.8 Å². The fourth-order valence-corrected chi connectivity index (χ4v) is 3.57. The lowest BCUT2D eigenvalue weighted by atomic mass is 10.0. The zero-order chi connectivity index (χ0) is 22.6. The number of nitrogens with zero attached hydrogens (tertiary/aromatic N) is 1. The molecular weight excluding hydrogens is 413 g/mol. The molecule has 0 atom stereocenters. The summed E-state index contributed by atoms with van der Waals surface area (Å²) in [4.78, 5) is 26.9. The van der Waals surface area contributed by atoms with E-state index in [4.69, 9.17) is 9.47 Å². The van der Waals surface area contributed by atoms with Gasteiger partial charge in [-0.1, -0.05) is 12.1 Å². The third kappa shape index (κ3) is 5.10. The molecule has 1 aliphatic rings. The summed E-state index contributed by atoms with van der Waals surface area (Å²) in [5, 5.41) is 2.67. The van der Waals surface area contributed by atoms with Gasteiger partial charge in [0.1, 0.15) is 0 Å². The summed E-state index contributed by atoms with van der Waals surface area (Å²) in [5.74, 6) is 0.00387. The first-order valence-electron chi connectivity index (χ1n) is 9.73.